The molecule has 22 heavy (non-hydrogen) atoms. The standard InChI is InChI=1S/C16H19N3O3/c1-11(20)7-9-18-19-16(21)12(2)22-14-5-6-15-13(10-14)4-3-8-17-15/h3-6,8-12,20H,7H2,1-2H3,(H,19,21)/b18-9+. The van der Waals surface area contributed by atoms with Crippen molar-refractivity contribution in [1.82, 2.24) is 10.4 Å². The van der Waals surface area contributed by atoms with E-state index in [2.05, 4.69) is 15.5 Å². The Balaban J connectivity index is 1.93. The van der Waals surface area contributed by atoms with Gasteiger partial charge in [0, 0.05) is 24.2 Å². The lowest BCUT2D eigenvalue weighted by Gasteiger charge is -2.13. The Morgan fingerprint density at radius 2 is 2.27 bits per heavy atom. The fourth-order valence-electron chi connectivity index (χ4n) is 1.79. The summed E-state index contributed by atoms with van der Waals surface area (Å²) >= 11 is 0. The van der Waals surface area contributed by atoms with Gasteiger partial charge in [0.05, 0.1) is 11.6 Å². The van der Waals surface area contributed by atoms with Crippen molar-refractivity contribution in [2.24, 2.45) is 5.10 Å². The summed E-state index contributed by atoms with van der Waals surface area (Å²) in [5, 5.41) is 13.8. The normalized spacial score (nSPS) is 14.0. The summed E-state index contributed by atoms with van der Waals surface area (Å²) in [5.41, 5.74) is 3.25. The summed E-state index contributed by atoms with van der Waals surface area (Å²) in [5.74, 6) is 0.240. The lowest BCUT2D eigenvalue weighted by molar-refractivity contribution is -0.127. The predicted molar refractivity (Wildman–Crippen MR) is 84.8 cm³/mol. The Morgan fingerprint density at radius 3 is 3.05 bits per heavy atom. The molecule has 0 aliphatic heterocycles. The number of aliphatic hydroxyl groups is 1. The van der Waals surface area contributed by atoms with Gasteiger partial charge >= 0.3 is 0 Å². The number of carbonyl (C=O) groups is 1. The van der Waals surface area contributed by atoms with E-state index in [4.69, 9.17) is 9.84 Å². The number of hydrogen-bond acceptors (Lipinski definition) is 5. The zero-order valence-corrected chi connectivity index (χ0v) is 12.6. The van der Waals surface area contributed by atoms with E-state index < -0.39 is 12.2 Å². The summed E-state index contributed by atoms with van der Waals surface area (Å²) in [4.78, 5) is 16.1. The molecule has 2 atom stereocenters. The highest BCUT2D eigenvalue weighted by atomic mass is 16.5. The van der Waals surface area contributed by atoms with Gasteiger partial charge in [0.25, 0.3) is 5.91 Å². The van der Waals surface area contributed by atoms with Gasteiger partial charge in [0.1, 0.15) is 5.75 Å². The van der Waals surface area contributed by atoms with Crippen LogP contribution in [0.15, 0.2) is 41.6 Å². The number of ether oxygens (including phenoxy) is 1. The van der Waals surface area contributed by atoms with Gasteiger partial charge < -0.3 is 9.84 Å². The molecule has 6 heteroatoms. The highest BCUT2D eigenvalue weighted by molar-refractivity contribution is 5.82. The second-order valence-corrected chi connectivity index (χ2v) is 4.99. The molecule has 0 saturated heterocycles. The fraction of sp³-hybridized carbons (Fsp3) is 0.312. The van der Waals surface area contributed by atoms with E-state index in [1.165, 1.54) is 6.21 Å². The smallest absolute Gasteiger partial charge is 0.280 e. The number of benzene rings is 1. The van der Waals surface area contributed by atoms with Crippen LogP contribution in [0.5, 0.6) is 5.75 Å². The molecule has 0 fully saturated rings. The van der Waals surface area contributed by atoms with Crippen LogP contribution in [0.4, 0.5) is 0 Å². The zero-order valence-electron chi connectivity index (χ0n) is 12.6. The van der Waals surface area contributed by atoms with E-state index in [0.717, 1.165) is 10.9 Å². The maximum Gasteiger partial charge on any atom is 0.280 e. The van der Waals surface area contributed by atoms with Gasteiger partial charge in [0.15, 0.2) is 6.10 Å². The molecule has 1 aromatic heterocycles. The van der Waals surface area contributed by atoms with Crippen LogP contribution in [0.1, 0.15) is 20.3 Å². The van der Waals surface area contributed by atoms with Crippen molar-refractivity contribution in [3.8, 4) is 5.75 Å². The molecule has 2 unspecified atom stereocenters. The molecular formula is C16H19N3O3. The van der Waals surface area contributed by atoms with Gasteiger partial charge in [-0.3, -0.25) is 9.78 Å². The summed E-state index contributed by atoms with van der Waals surface area (Å²) < 4.78 is 5.60. The predicted octanol–water partition coefficient (Wildman–Crippen LogP) is 1.87. The zero-order chi connectivity index (χ0) is 15.9. The number of fused-ring (bicyclic) bond motifs is 1. The number of hydrogen-bond donors (Lipinski definition) is 2. The number of pyridine rings is 1. The fourth-order valence-corrected chi connectivity index (χ4v) is 1.79. The molecule has 2 rings (SSSR count). The third-order valence-corrected chi connectivity index (χ3v) is 2.97. The van der Waals surface area contributed by atoms with E-state index in [0.29, 0.717) is 12.2 Å². The molecular weight excluding hydrogens is 282 g/mol. The van der Waals surface area contributed by atoms with Gasteiger partial charge in [-0.05, 0) is 38.1 Å². The molecule has 0 aliphatic carbocycles. The van der Waals surface area contributed by atoms with Crippen molar-refractivity contribution in [3.05, 3.63) is 36.5 Å². The van der Waals surface area contributed by atoms with Gasteiger partial charge in [0.2, 0.25) is 0 Å². The van der Waals surface area contributed by atoms with Crippen LogP contribution < -0.4 is 10.2 Å². The maximum atomic E-state index is 11.8. The molecule has 0 spiro atoms. The first-order chi connectivity index (χ1) is 10.6. The Labute approximate surface area is 128 Å². The van der Waals surface area contributed by atoms with E-state index >= 15 is 0 Å². The quantitative estimate of drug-likeness (QED) is 0.630. The minimum atomic E-state index is -0.683. The number of aliphatic hydroxyl groups excluding tert-OH is 1. The molecule has 0 saturated carbocycles. The van der Waals surface area contributed by atoms with Crippen molar-refractivity contribution in [2.45, 2.75) is 32.5 Å². The molecule has 1 aromatic carbocycles. The highest BCUT2D eigenvalue weighted by Crippen LogP contribution is 2.19. The van der Waals surface area contributed by atoms with E-state index in [9.17, 15) is 4.79 Å². The van der Waals surface area contributed by atoms with Crippen LogP contribution in [0.25, 0.3) is 10.9 Å². The Kier molecular flexibility index (Phi) is 5.43. The molecule has 6 nitrogen and oxygen atoms in total. The number of nitrogens with zero attached hydrogens (tertiary/aromatic N) is 2. The van der Waals surface area contributed by atoms with Crippen LogP contribution in [0.2, 0.25) is 0 Å². The molecule has 1 amide bonds. The van der Waals surface area contributed by atoms with E-state index in [1.807, 2.05) is 24.3 Å². The SMILES string of the molecule is CC(O)C/C=N/NC(=O)C(C)Oc1ccc2ncccc2c1. The number of amides is 1. The van der Waals surface area contributed by atoms with Crippen LogP contribution >= 0.6 is 0 Å². The Bertz CT molecular complexity index is 670. The van der Waals surface area contributed by atoms with Gasteiger partial charge in [-0.2, -0.15) is 5.10 Å². The average Bonchev–Trinajstić information content (AvgIpc) is 2.51. The lowest BCUT2D eigenvalue weighted by Crippen LogP contribution is -2.33. The second-order valence-electron chi connectivity index (χ2n) is 4.99. The van der Waals surface area contributed by atoms with Crippen molar-refractivity contribution in [3.63, 3.8) is 0 Å². The first-order valence-corrected chi connectivity index (χ1v) is 7.07. The van der Waals surface area contributed by atoms with Crippen LogP contribution in [-0.4, -0.2) is 34.4 Å². The second kappa shape index (κ2) is 7.51. The molecule has 2 N–H and O–H groups in total. The first-order valence-electron chi connectivity index (χ1n) is 7.07. The molecule has 0 bridgehead atoms. The van der Waals surface area contributed by atoms with Gasteiger partial charge in [-0.25, -0.2) is 5.43 Å². The maximum absolute atomic E-state index is 11.8. The van der Waals surface area contributed by atoms with Crippen LogP contribution in [0, 0.1) is 0 Å². The van der Waals surface area contributed by atoms with Crippen molar-refractivity contribution in [2.75, 3.05) is 0 Å². The van der Waals surface area contributed by atoms with E-state index in [1.54, 1.807) is 26.1 Å². The van der Waals surface area contributed by atoms with Crippen LogP contribution in [0.3, 0.4) is 0 Å². The van der Waals surface area contributed by atoms with Crippen molar-refractivity contribution >= 4 is 23.0 Å². The number of rotatable bonds is 6. The lowest BCUT2D eigenvalue weighted by atomic mass is 10.2. The Hall–Kier alpha value is -2.47. The van der Waals surface area contributed by atoms with Gasteiger partial charge in [-0.1, -0.05) is 6.07 Å². The summed E-state index contributed by atoms with van der Waals surface area (Å²) in [7, 11) is 0. The highest BCUT2D eigenvalue weighted by Gasteiger charge is 2.14. The summed E-state index contributed by atoms with van der Waals surface area (Å²) in [6.45, 7) is 3.29. The topological polar surface area (TPSA) is 83.8 Å². The third-order valence-electron chi connectivity index (χ3n) is 2.97. The van der Waals surface area contributed by atoms with Crippen molar-refractivity contribution in [1.29, 1.82) is 0 Å². The molecule has 1 heterocycles. The summed E-state index contributed by atoms with van der Waals surface area (Å²) in [6.07, 6.45) is 2.40. The van der Waals surface area contributed by atoms with E-state index in [-0.39, 0.29) is 5.91 Å². The number of carbonyl (C=O) groups excluding carboxylic acids is 1. The number of hydrazone groups is 1. The number of nitrogens with one attached hydrogen (secondary N) is 1. The van der Waals surface area contributed by atoms with Crippen molar-refractivity contribution < 1.29 is 14.6 Å². The minimum Gasteiger partial charge on any atom is -0.481 e. The minimum absolute atomic E-state index is 0.354. The largest absolute Gasteiger partial charge is 0.481 e. The molecule has 0 radical (unpaired) electrons. The molecule has 0 aliphatic rings. The first kappa shape index (κ1) is 15.9. The Morgan fingerprint density at radius 1 is 1.45 bits per heavy atom. The molecule has 2 aromatic rings. The monoisotopic (exact) mass is 301 g/mol. The van der Waals surface area contributed by atoms with Crippen LogP contribution in [-0.2, 0) is 4.79 Å². The summed E-state index contributed by atoms with van der Waals surface area (Å²) in [6, 6.07) is 9.23. The molecule has 116 valence electrons. The number of aromatic nitrogens is 1. The van der Waals surface area contributed by atoms with Gasteiger partial charge in [-0.15, -0.1) is 0 Å². The average molecular weight is 301 g/mol. The third kappa shape index (κ3) is 4.53.